The average molecular weight is 432 g/mol. The quantitative estimate of drug-likeness (QED) is 0.254. The van der Waals surface area contributed by atoms with Crippen molar-refractivity contribution in [3.63, 3.8) is 0 Å². The van der Waals surface area contributed by atoms with Crippen LogP contribution in [0.5, 0.6) is 0 Å². The summed E-state index contributed by atoms with van der Waals surface area (Å²) < 4.78 is 53.6. The molecule has 0 spiro atoms. The van der Waals surface area contributed by atoms with E-state index in [2.05, 4.69) is 27.4 Å². The Hall–Kier alpha value is -3.63. The minimum atomic E-state index is -4.50. The first-order valence-electron chi connectivity index (χ1n) is 8.09. The van der Waals surface area contributed by atoms with Gasteiger partial charge in [-0.1, -0.05) is 31.4 Å². The van der Waals surface area contributed by atoms with Gasteiger partial charge in [-0.05, 0) is 12.1 Å². The lowest BCUT2D eigenvalue weighted by Gasteiger charge is -2.18. The highest BCUT2D eigenvalue weighted by Crippen LogP contribution is 2.24. The van der Waals surface area contributed by atoms with Gasteiger partial charge in [-0.25, -0.2) is 14.4 Å². The second-order valence-electron chi connectivity index (χ2n) is 4.99. The Kier molecular flexibility index (Phi) is 11.9. The molecule has 11 heteroatoms. The molecule has 0 N–H and O–H groups in total. The molecule has 1 unspecified atom stereocenters. The molecule has 0 amide bonds. The minimum Gasteiger partial charge on any atom is -0.459 e. The van der Waals surface area contributed by atoms with E-state index in [0.29, 0.717) is 18.6 Å². The number of ether oxygens (including phenoxy) is 4. The number of benzene rings is 1. The van der Waals surface area contributed by atoms with E-state index in [0.717, 1.165) is 6.08 Å². The standard InChI is InChI=1S/C12H12O4.C7H7F3O4/c1-2-11(13)15-8-9-16-12(14)10-6-4-3-5-7-10;1-3-5(12)13-6(8)7(9,10)14-4(2)11/h2-7H,1,8-9H2;3,6H,1H2,2H3. The molecule has 0 saturated heterocycles. The van der Waals surface area contributed by atoms with E-state index in [9.17, 15) is 32.3 Å². The molecule has 0 heterocycles. The predicted molar refractivity (Wildman–Crippen MR) is 95.8 cm³/mol. The van der Waals surface area contributed by atoms with Crippen molar-refractivity contribution < 1.29 is 51.3 Å². The summed E-state index contributed by atoms with van der Waals surface area (Å²) in [5, 5.41) is 0. The van der Waals surface area contributed by atoms with E-state index in [1.165, 1.54) is 0 Å². The number of rotatable bonds is 9. The number of hydrogen-bond acceptors (Lipinski definition) is 8. The van der Waals surface area contributed by atoms with Gasteiger partial charge in [0.25, 0.3) is 0 Å². The maximum Gasteiger partial charge on any atom is 0.470 e. The number of alkyl halides is 3. The maximum atomic E-state index is 12.5. The number of esters is 4. The molecule has 1 aromatic rings. The molecule has 1 aromatic carbocycles. The van der Waals surface area contributed by atoms with Crippen LogP contribution < -0.4 is 0 Å². The van der Waals surface area contributed by atoms with E-state index in [1.54, 1.807) is 24.3 Å². The van der Waals surface area contributed by atoms with Gasteiger partial charge >= 0.3 is 36.3 Å². The smallest absolute Gasteiger partial charge is 0.459 e. The van der Waals surface area contributed by atoms with E-state index in [4.69, 9.17) is 4.74 Å². The van der Waals surface area contributed by atoms with Crippen molar-refractivity contribution in [1.29, 1.82) is 0 Å². The zero-order valence-electron chi connectivity index (χ0n) is 15.8. The van der Waals surface area contributed by atoms with Crippen molar-refractivity contribution in [2.45, 2.75) is 19.4 Å². The summed E-state index contributed by atoms with van der Waals surface area (Å²) in [5.74, 6) is -3.75. The van der Waals surface area contributed by atoms with Crippen LogP contribution in [0.1, 0.15) is 17.3 Å². The van der Waals surface area contributed by atoms with Gasteiger partial charge in [0, 0.05) is 19.1 Å². The summed E-state index contributed by atoms with van der Waals surface area (Å²) in [5.41, 5.74) is 0.470. The monoisotopic (exact) mass is 432 g/mol. The van der Waals surface area contributed by atoms with Crippen molar-refractivity contribution in [2.75, 3.05) is 13.2 Å². The Morgan fingerprint density at radius 3 is 2.03 bits per heavy atom. The summed E-state index contributed by atoms with van der Waals surface area (Å²) in [7, 11) is 0. The summed E-state index contributed by atoms with van der Waals surface area (Å²) in [4.78, 5) is 42.4. The van der Waals surface area contributed by atoms with Crippen LogP contribution in [0.3, 0.4) is 0 Å². The average Bonchev–Trinajstić information content (AvgIpc) is 2.70. The lowest BCUT2D eigenvalue weighted by Crippen LogP contribution is -2.37. The van der Waals surface area contributed by atoms with Gasteiger partial charge in [-0.3, -0.25) is 4.79 Å². The lowest BCUT2D eigenvalue weighted by molar-refractivity contribution is -0.305. The van der Waals surface area contributed by atoms with Gasteiger partial charge in [0.1, 0.15) is 13.2 Å². The van der Waals surface area contributed by atoms with Crippen molar-refractivity contribution in [3.05, 3.63) is 61.2 Å². The first-order chi connectivity index (χ1) is 14.0. The van der Waals surface area contributed by atoms with Gasteiger partial charge in [0.2, 0.25) is 0 Å². The molecular weight excluding hydrogens is 413 g/mol. The SMILES string of the molecule is C=CC(=O)OC(F)C(F)(F)OC(C)=O.C=CC(=O)OCCOC(=O)c1ccccc1. The fourth-order valence-corrected chi connectivity index (χ4v) is 1.45. The second kappa shape index (κ2) is 13.5. The molecule has 164 valence electrons. The fraction of sp³-hybridized carbons (Fsp3) is 0.263. The van der Waals surface area contributed by atoms with Crippen molar-refractivity contribution in [2.24, 2.45) is 0 Å². The van der Waals surface area contributed by atoms with Crippen molar-refractivity contribution in [3.8, 4) is 0 Å². The Morgan fingerprint density at radius 2 is 1.53 bits per heavy atom. The molecule has 1 rings (SSSR count). The molecule has 0 radical (unpaired) electrons. The number of carbonyl (C=O) groups excluding carboxylic acids is 4. The third-order valence-corrected chi connectivity index (χ3v) is 2.67. The molecule has 0 bridgehead atoms. The topological polar surface area (TPSA) is 105 Å². The molecule has 0 aliphatic rings. The van der Waals surface area contributed by atoms with Gasteiger partial charge in [0.15, 0.2) is 0 Å². The summed E-state index contributed by atoms with van der Waals surface area (Å²) >= 11 is 0. The molecular formula is C19H19F3O8. The van der Waals surface area contributed by atoms with Crippen LogP contribution in [-0.2, 0) is 33.3 Å². The number of carbonyl (C=O) groups is 4. The molecule has 0 fully saturated rings. The minimum absolute atomic E-state index is 0.0312. The van der Waals surface area contributed by atoms with Gasteiger partial charge in [-0.15, -0.1) is 0 Å². The normalized spacial score (nSPS) is 10.9. The van der Waals surface area contributed by atoms with Crippen LogP contribution in [0.25, 0.3) is 0 Å². The molecule has 0 saturated carbocycles. The first-order valence-corrected chi connectivity index (χ1v) is 8.09. The predicted octanol–water partition coefficient (Wildman–Crippen LogP) is 2.74. The zero-order chi connectivity index (χ0) is 23.2. The summed E-state index contributed by atoms with van der Waals surface area (Å²) in [6.45, 7) is 6.83. The molecule has 0 aromatic heterocycles. The van der Waals surface area contributed by atoms with Crippen LogP contribution in [0.15, 0.2) is 55.6 Å². The molecule has 0 aliphatic carbocycles. The van der Waals surface area contributed by atoms with Crippen LogP contribution in [0.2, 0.25) is 0 Å². The van der Waals surface area contributed by atoms with E-state index >= 15 is 0 Å². The van der Waals surface area contributed by atoms with Crippen LogP contribution in [0, 0.1) is 0 Å². The second-order valence-corrected chi connectivity index (χ2v) is 4.99. The summed E-state index contributed by atoms with van der Waals surface area (Å²) in [6.07, 6.45) is -6.29. The van der Waals surface area contributed by atoms with Crippen LogP contribution in [-0.4, -0.2) is 49.6 Å². The highest BCUT2D eigenvalue weighted by molar-refractivity contribution is 5.89. The van der Waals surface area contributed by atoms with Gasteiger partial charge < -0.3 is 18.9 Å². The summed E-state index contributed by atoms with van der Waals surface area (Å²) in [6, 6.07) is 8.60. The molecule has 8 nitrogen and oxygen atoms in total. The van der Waals surface area contributed by atoms with Crippen LogP contribution >= 0.6 is 0 Å². The third kappa shape index (κ3) is 11.3. The molecule has 0 aliphatic heterocycles. The third-order valence-electron chi connectivity index (χ3n) is 2.67. The Balaban J connectivity index is 0.000000567. The fourth-order valence-electron chi connectivity index (χ4n) is 1.45. The Bertz CT molecular complexity index is 749. The number of halogens is 3. The maximum absolute atomic E-state index is 12.5. The Labute approximate surface area is 169 Å². The number of hydrogen-bond donors (Lipinski definition) is 0. The highest BCUT2D eigenvalue weighted by Gasteiger charge is 2.47. The largest absolute Gasteiger partial charge is 0.470 e. The van der Waals surface area contributed by atoms with E-state index in [-0.39, 0.29) is 13.2 Å². The zero-order valence-corrected chi connectivity index (χ0v) is 15.8. The van der Waals surface area contributed by atoms with Gasteiger partial charge in [-0.2, -0.15) is 13.2 Å². The van der Waals surface area contributed by atoms with E-state index in [1.807, 2.05) is 6.07 Å². The van der Waals surface area contributed by atoms with Crippen LogP contribution in [0.4, 0.5) is 13.2 Å². The first kappa shape index (κ1) is 26.4. The van der Waals surface area contributed by atoms with Crippen molar-refractivity contribution >= 4 is 23.9 Å². The molecule has 30 heavy (non-hydrogen) atoms. The van der Waals surface area contributed by atoms with Gasteiger partial charge in [0.05, 0.1) is 5.56 Å². The highest BCUT2D eigenvalue weighted by atomic mass is 19.3. The molecule has 1 atom stereocenters. The van der Waals surface area contributed by atoms with Crippen molar-refractivity contribution in [1.82, 2.24) is 0 Å². The lowest BCUT2D eigenvalue weighted by atomic mass is 10.2. The van der Waals surface area contributed by atoms with E-state index < -0.39 is 36.3 Å². The Morgan fingerprint density at radius 1 is 1.00 bits per heavy atom.